The number of carboxylic acids is 1. The molecule has 3 N–H and O–H groups in total. The first-order valence-corrected chi connectivity index (χ1v) is 8.09. The Balaban J connectivity index is 2.07. The molecule has 0 aliphatic heterocycles. The third-order valence-electron chi connectivity index (χ3n) is 4.14. The third-order valence-corrected chi connectivity index (χ3v) is 4.14. The number of alkyl halides is 3. The fraction of sp³-hybridized carbons (Fsp3) is 0.211. The van der Waals surface area contributed by atoms with Gasteiger partial charge in [-0.25, -0.2) is 0 Å². The molecule has 0 aliphatic carbocycles. The minimum Gasteiger partial charge on any atom is -0.481 e. The van der Waals surface area contributed by atoms with E-state index in [0.717, 1.165) is 11.1 Å². The molecular weight excluding hydrogens is 361 g/mol. The van der Waals surface area contributed by atoms with Gasteiger partial charge in [-0.2, -0.15) is 0 Å². The second-order valence-corrected chi connectivity index (χ2v) is 6.19. The van der Waals surface area contributed by atoms with Crippen molar-refractivity contribution in [1.82, 2.24) is 4.57 Å². The van der Waals surface area contributed by atoms with E-state index in [0.29, 0.717) is 16.8 Å². The first kappa shape index (κ1) is 18.8. The van der Waals surface area contributed by atoms with E-state index in [2.05, 4.69) is 4.74 Å². The van der Waals surface area contributed by atoms with Gasteiger partial charge in [0.05, 0.1) is 11.9 Å². The summed E-state index contributed by atoms with van der Waals surface area (Å²) in [7, 11) is 0. The van der Waals surface area contributed by atoms with Crippen LogP contribution in [0.5, 0.6) is 5.75 Å². The van der Waals surface area contributed by atoms with E-state index >= 15 is 0 Å². The monoisotopic (exact) mass is 378 g/mol. The van der Waals surface area contributed by atoms with Gasteiger partial charge in [-0.1, -0.05) is 12.1 Å². The van der Waals surface area contributed by atoms with Crippen LogP contribution in [0.25, 0.3) is 16.6 Å². The molecule has 142 valence electrons. The highest BCUT2D eigenvalue weighted by molar-refractivity contribution is 5.84. The fourth-order valence-electron chi connectivity index (χ4n) is 3.06. The Bertz CT molecular complexity index is 996. The van der Waals surface area contributed by atoms with E-state index in [4.69, 9.17) is 10.8 Å². The molecular formula is C19H17F3N2O3. The van der Waals surface area contributed by atoms with E-state index in [1.165, 1.54) is 12.1 Å². The van der Waals surface area contributed by atoms with Crippen molar-refractivity contribution < 1.29 is 27.8 Å². The molecule has 0 aliphatic rings. The van der Waals surface area contributed by atoms with E-state index < -0.39 is 18.4 Å². The number of nitrogens with two attached hydrogens (primary N) is 1. The highest BCUT2D eigenvalue weighted by Crippen LogP contribution is 2.31. The van der Waals surface area contributed by atoms with Crippen LogP contribution in [0.1, 0.15) is 23.7 Å². The summed E-state index contributed by atoms with van der Waals surface area (Å²) in [4.78, 5) is 10.9. The summed E-state index contributed by atoms with van der Waals surface area (Å²) in [6, 6.07) is 12.3. The number of nitrogens with zero attached hydrogens (tertiary/aromatic N) is 1. The van der Waals surface area contributed by atoms with Gasteiger partial charge >= 0.3 is 12.3 Å². The number of hydrogen-bond acceptors (Lipinski definition) is 3. The Kier molecular flexibility index (Phi) is 4.84. The van der Waals surface area contributed by atoms with Gasteiger partial charge in [0.1, 0.15) is 5.75 Å². The van der Waals surface area contributed by atoms with Gasteiger partial charge in [0.2, 0.25) is 0 Å². The molecule has 0 fully saturated rings. The summed E-state index contributed by atoms with van der Waals surface area (Å²) in [6.45, 7) is 1.83. The van der Waals surface area contributed by atoms with E-state index in [-0.39, 0.29) is 12.2 Å². The van der Waals surface area contributed by atoms with Crippen molar-refractivity contribution in [3.63, 3.8) is 0 Å². The van der Waals surface area contributed by atoms with Crippen molar-refractivity contribution in [2.24, 2.45) is 5.73 Å². The maximum absolute atomic E-state index is 12.5. The Morgan fingerprint density at radius 2 is 1.96 bits per heavy atom. The van der Waals surface area contributed by atoms with Crippen molar-refractivity contribution in [2.45, 2.75) is 25.7 Å². The molecule has 1 heterocycles. The molecule has 1 atom stereocenters. The number of hydrogen-bond donors (Lipinski definition) is 2. The zero-order valence-electron chi connectivity index (χ0n) is 14.3. The SMILES string of the molecule is Cc1cc2ccc(OC(F)(F)F)cc2n1-c1cccc(C(N)CC(=O)O)c1. The first-order valence-electron chi connectivity index (χ1n) is 8.09. The van der Waals surface area contributed by atoms with Gasteiger partial charge in [0, 0.05) is 28.9 Å². The molecule has 0 saturated carbocycles. The van der Waals surface area contributed by atoms with Crippen LogP contribution >= 0.6 is 0 Å². The van der Waals surface area contributed by atoms with Crippen LogP contribution in [0.4, 0.5) is 13.2 Å². The lowest BCUT2D eigenvalue weighted by atomic mass is 10.0. The summed E-state index contributed by atoms with van der Waals surface area (Å²) in [5.41, 5.74) is 8.57. The van der Waals surface area contributed by atoms with Crippen LogP contribution in [0.15, 0.2) is 48.5 Å². The van der Waals surface area contributed by atoms with Crippen LogP contribution in [0.2, 0.25) is 0 Å². The topological polar surface area (TPSA) is 77.5 Å². The number of ether oxygens (including phenoxy) is 1. The summed E-state index contributed by atoms with van der Waals surface area (Å²) in [5, 5.41) is 9.67. The van der Waals surface area contributed by atoms with Crippen molar-refractivity contribution in [2.75, 3.05) is 0 Å². The smallest absolute Gasteiger partial charge is 0.481 e. The van der Waals surface area contributed by atoms with Crippen molar-refractivity contribution in [3.8, 4) is 11.4 Å². The Morgan fingerprint density at radius 1 is 1.22 bits per heavy atom. The predicted octanol–water partition coefficient (Wildman–Crippen LogP) is 4.31. The quantitative estimate of drug-likeness (QED) is 0.694. The normalized spacial score (nSPS) is 12.9. The second kappa shape index (κ2) is 6.96. The summed E-state index contributed by atoms with van der Waals surface area (Å²) < 4.78 is 43.4. The van der Waals surface area contributed by atoms with Gasteiger partial charge in [-0.15, -0.1) is 13.2 Å². The van der Waals surface area contributed by atoms with Crippen molar-refractivity contribution >= 4 is 16.9 Å². The number of rotatable bonds is 5. The lowest BCUT2D eigenvalue weighted by molar-refractivity contribution is -0.274. The number of aryl methyl sites for hydroxylation is 1. The highest BCUT2D eigenvalue weighted by Gasteiger charge is 2.31. The number of halogens is 3. The van der Waals surface area contributed by atoms with Gasteiger partial charge < -0.3 is 20.1 Å². The van der Waals surface area contributed by atoms with Gasteiger partial charge in [0.25, 0.3) is 0 Å². The molecule has 3 aromatic rings. The number of aliphatic carboxylic acids is 1. The number of fused-ring (bicyclic) bond motifs is 1. The van der Waals surface area contributed by atoms with Crippen LogP contribution < -0.4 is 10.5 Å². The average molecular weight is 378 g/mol. The lowest BCUT2D eigenvalue weighted by Crippen LogP contribution is -2.17. The molecule has 0 radical (unpaired) electrons. The van der Waals surface area contributed by atoms with Crippen LogP contribution in [0.3, 0.4) is 0 Å². The van der Waals surface area contributed by atoms with Crippen LogP contribution in [0, 0.1) is 6.92 Å². The van der Waals surface area contributed by atoms with E-state index in [9.17, 15) is 18.0 Å². The zero-order chi connectivity index (χ0) is 19.8. The maximum atomic E-state index is 12.5. The molecule has 0 spiro atoms. The van der Waals surface area contributed by atoms with Crippen molar-refractivity contribution in [1.29, 1.82) is 0 Å². The second-order valence-electron chi connectivity index (χ2n) is 6.19. The average Bonchev–Trinajstić information content (AvgIpc) is 2.88. The molecule has 0 bridgehead atoms. The molecule has 0 amide bonds. The summed E-state index contributed by atoms with van der Waals surface area (Å²) >= 11 is 0. The zero-order valence-corrected chi connectivity index (χ0v) is 14.3. The largest absolute Gasteiger partial charge is 0.573 e. The molecule has 27 heavy (non-hydrogen) atoms. The lowest BCUT2D eigenvalue weighted by Gasteiger charge is -2.14. The molecule has 8 heteroatoms. The van der Waals surface area contributed by atoms with E-state index in [1.54, 1.807) is 34.9 Å². The summed E-state index contributed by atoms with van der Waals surface area (Å²) in [6.07, 6.45) is -5.00. The standard InChI is InChI=1S/C19H17F3N2O3/c1-11-7-13-5-6-15(27-19(20,21)22)9-17(13)24(11)14-4-2-3-12(8-14)16(23)10-18(25)26/h2-9,16H,10,23H2,1H3,(H,25,26). The van der Waals surface area contributed by atoms with Crippen LogP contribution in [-0.2, 0) is 4.79 Å². The highest BCUT2D eigenvalue weighted by atomic mass is 19.4. The molecule has 2 aromatic carbocycles. The van der Waals surface area contributed by atoms with E-state index in [1.807, 2.05) is 13.0 Å². The molecule has 0 saturated heterocycles. The first-order chi connectivity index (χ1) is 12.6. The van der Waals surface area contributed by atoms with Gasteiger partial charge in [0.15, 0.2) is 0 Å². The predicted molar refractivity (Wildman–Crippen MR) is 93.9 cm³/mol. The van der Waals surface area contributed by atoms with Crippen molar-refractivity contribution in [3.05, 3.63) is 59.8 Å². The molecule has 1 aromatic heterocycles. The Labute approximate surface area is 152 Å². The minimum absolute atomic E-state index is 0.224. The van der Waals surface area contributed by atoms with Gasteiger partial charge in [-0.05, 0) is 42.8 Å². The Morgan fingerprint density at radius 3 is 2.63 bits per heavy atom. The fourth-order valence-corrected chi connectivity index (χ4v) is 3.06. The molecule has 1 unspecified atom stereocenters. The molecule has 3 rings (SSSR count). The molecule has 5 nitrogen and oxygen atoms in total. The van der Waals surface area contributed by atoms with Crippen LogP contribution in [-0.4, -0.2) is 22.0 Å². The number of aromatic nitrogens is 1. The number of carboxylic acid groups (broad SMARTS) is 1. The number of benzene rings is 2. The third kappa shape index (κ3) is 4.22. The number of carbonyl (C=O) groups is 1. The maximum Gasteiger partial charge on any atom is 0.573 e. The van der Waals surface area contributed by atoms with Gasteiger partial charge in [-0.3, -0.25) is 4.79 Å². The minimum atomic E-state index is -4.77. The summed E-state index contributed by atoms with van der Waals surface area (Å²) in [5.74, 6) is -1.32. The Hall–Kier alpha value is -3.00.